The molecule has 0 saturated carbocycles. The molecule has 2 saturated heterocycles. The number of amides is 2. The van der Waals surface area contributed by atoms with E-state index in [2.05, 4.69) is 10.3 Å². The van der Waals surface area contributed by atoms with E-state index in [1.807, 2.05) is 61.5 Å². The number of ether oxygens (including phenoxy) is 1. The molecule has 12 nitrogen and oxygen atoms in total. The molecule has 2 fully saturated rings. The molecular formula is C37H41FN6O6Si. The molecule has 3 aliphatic heterocycles. The van der Waals surface area contributed by atoms with Crippen molar-refractivity contribution in [3.05, 3.63) is 111 Å². The van der Waals surface area contributed by atoms with Crippen molar-refractivity contribution in [2.24, 2.45) is 5.92 Å². The zero-order valence-corrected chi connectivity index (χ0v) is 29.8. The first-order chi connectivity index (χ1) is 24.4. The number of non-ortho nitro benzene ring substituents is 1. The van der Waals surface area contributed by atoms with Crippen LogP contribution in [0, 0.1) is 16.0 Å². The number of fused-ring (bicyclic) bond motifs is 2. The lowest BCUT2D eigenvalue weighted by Gasteiger charge is -2.31. The van der Waals surface area contributed by atoms with Crippen molar-refractivity contribution in [2.75, 3.05) is 23.0 Å². The number of nitro benzene ring substituents is 1. The Morgan fingerprint density at radius 1 is 1.12 bits per heavy atom. The molecule has 0 bridgehead atoms. The number of aryl methyl sites for hydroxylation is 1. The van der Waals surface area contributed by atoms with Crippen LogP contribution in [0.2, 0.25) is 18.6 Å². The molecule has 1 N–H and O–H groups in total. The van der Waals surface area contributed by atoms with Crippen molar-refractivity contribution < 1.29 is 28.5 Å². The fourth-order valence-electron chi connectivity index (χ4n) is 8.36. The molecule has 51 heavy (non-hydrogen) atoms. The highest BCUT2D eigenvalue weighted by Gasteiger charge is 2.66. The van der Waals surface area contributed by atoms with Crippen LogP contribution in [0.5, 0.6) is 0 Å². The van der Waals surface area contributed by atoms with E-state index in [-0.39, 0.29) is 36.6 Å². The Hall–Kier alpha value is -4.79. The number of nitrogens with zero attached hydrogens (tertiary/aromatic N) is 6. The minimum atomic E-state index is -3.49. The van der Waals surface area contributed by atoms with Gasteiger partial charge >= 0.3 is 0 Å². The summed E-state index contributed by atoms with van der Waals surface area (Å²) in [6.07, 6.45) is 2.73. The fourth-order valence-corrected chi connectivity index (χ4v) is 10.9. The summed E-state index contributed by atoms with van der Waals surface area (Å²) in [6.45, 7) is 6.05. The number of carbonyl (C=O) groups excluding carboxylic acids is 2. The van der Waals surface area contributed by atoms with Crippen LogP contribution in [0.1, 0.15) is 54.5 Å². The first kappa shape index (κ1) is 34.6. The van der Waals surface area contributed by atoms with Gasteiger partial charge in [0.1, 0.15) is 0 Å². The first-order valence-corrected chi connectivity index (χ1v) is 20.3. The van der Waals surface area contributed by atoms with Crippen LogP contribution in [0.25, 0.3) is 0 Å². The van der Waals surface area contributed by atoms with E-state index < -0.39 is 36.5 Å². The van der Waals surface area contributed by atoms with Crippen molar-refractivity contribution in [1.82, 2.24) is 15.0 Å². The predicted octanol–water partition coefficient (Wildman–Crippen LogP) is 5.85. The lowest BCUT2D eigenvalue weighted by Crippen LogP contribution is -2.45. The van der Waals surface area contributed by atoms with E-state index in [9.17, 15) is 24.8 Å². The predicted molar refractivity (Wildman–Crippen MR) is 190 cm³/mol. The number of aromatic nitrogens is 3. The Bertz CT molecular complexity index is 1950. The van der Waals surface area contributed by atoms with Gasteiger partial charge in [0.25, 0.3) is 11.6 Å². The van der Waals surface area contributed by atoms with E-state index >= 15 is 4.11 Å². The average molecular weight is 713 g/mol. The largest absolute Gasteiger partial charge is 0.395 e. The number of rotatable bonds is 11. The number of hydrogen-bond donors (Lipinski definition) is 1. The third-order valence-corrected chi connectivity index (χ3v) is 13.2. The second kappa shape index (κ2) is 13.4. The standard InChI is InChI=1S/C37H41FN6O6Si/c1-24-35(51(2,3)38)33(17-19-41-22-31(39-40-41)29(23-45)26-8-5-4-6-9-26)50-37(24)30-20-28(44(48)49)15-16-32(30)43(36(37)47)21-25-11-13-27(14-12-25)42-18-7-10-34(42)46/h4-6,8-9,11-16,20,22,24,29,33,35,45H,7,10,17-19,21,23H2,1-3H3/t24-,29?,33+,35-,37+/m0/s1. The normalized spacial score (nSPS) is 23.7. The molecule has 4 aromatic rings. The summed E-state index contributed by atoms with van der Waals surface area (Å²) in [4.78, 5) is 41.8. The van der Waals surface area contributed by atoms with Crippen LogP contribution in [0.4, 0.5) is 21.2 Å². The molecule has 5 atom stereocenters. The molecule has 1 unspecified atom stereocenters. The molecule has 1 aromatic heterocycles. The summed E-state index contributed by atoms with van der Waals surface area (Å²) in [7, 11) is -3.49. The molecule has 2 amide bonds. The highest BCUT2D eigenvalue weighted by atomic mass is 28.4. The Morgan fingerprint density at radius 2 is 1.86 bits per heavy atom. The Morgan fingerprint density at radius 3 is 2.51 bits per heavy atom. The minimum Gasteiger partial charge on any atom is -0.395 e. The van der Waals surface area contributed by atoms with Crippen molar-refractivity contribution in [3.63, 3.8) is 0 Å². The summed E-state index contributed by atoms with van der Waals surface area (Å²) in [6, 6.07) is 21.4. The van der Waals surface area contributed by atoms with E-state index in [0.717, 1.165) is 23.2 Å². The molecule has 0 aliphatic carbocycles. The van der Waals surface area contributed by atoms with Crippen molar-refractivity contribution in [1.29, 1.82) is 0 Å². The molecule has 0 radical (unpaired) electrons. The molecular weight excluding hydrogens is 672 g/mol. The summed E-state index contributed by atoms with van der Waals surface area (Å²) in [5.74, 6) is -1.29. The van der Waals surface area contributed by atoms with Gasteiger partial charge in [-0.05, 0) is 55.3 Å². The van der Waals surface area contributed by atoms with E-state index in [0.29, 0.717) is 42.9 Å². The first-order valence-electron chi connectivity index (χ1n) is 17.3. The Kier molecular flexibility index (Phi) is 9.10. The van der Waals surface area contributed by atoms with E-state index in [1.54, 1.807) is 39.8 Å². The Balaban J connectivity index is 1.18. The molecule has 266 valence electrons. The average Bonchev–Trinajstić information content (AvgIpc) is 3.88. The molecule has 4 heterocycles. The number of carbonyl (C=O) groups is 2. The highest BCUT2D eigenvalue weighted by Crippen LogP contribution is 2.60. The van der Waals surface area contributed by atoms with Crippen LogP contribution >= 0.6 is 0 Å². The summed E-state index contributed by atoms with van der Waals surface area (Å²) in [5.41, 5.74) is 1.55. The van der Waals surface area contributed by atoms with Crippen LogP contribution in [-0.4, -0.2) is 64.5 Å². The lowest BCUT2D eigenvalue weighted by atomic mass is 9.82. The maximum atomic E-state index is 16.4. The second-order valence-electron chi connectivity index (χ2n) is 14.3. The van der Waals surface area contributed by atoms with Crippen molar-refractivity contribution >= 4 is 37.3 Å². The zero-order valence-electron chi connectivity index (χ0n) is 28.8. The number of hydrogen-bond acceptors (Lipinski definition) is 8. The second-order valence-corrected chi connectivity index (χ2v) is 18.1. The van der Waals surface area contributed by atoms with Gasteiger partial charge in [0.05, 0.1) is 41.5 Å². The molecule has 3 aliphatic rings. The third-order valence-electron chi connectivity index (χ3n) is 10.8. The van der Waals surface area contributed by atoms with Crippen LogP contribution in [-0.2, 0) is 33.0 Å². The number of aliphatic hydroxyl groups is 1. The lowest BCUT2D eigenvalue weighted by molar-refractivity contribution is -0.385. The number of benzene rings is 3. The number of aliphatic hydroxyl groups excluding tert-OH is 1. The maximum absolute atomic E-state index is 16.4. The monoisotopic (exact) mass is 712 g/mol. The fraction of sp³-hybridized carbons (Fsp3) is 0.405. The van der Waals surface area contributed by atoms with Gasteiger partial charge in [-0.3, -0.25) is 24.4 Å². The van der Waals surface area contributed by atoms with Gasteiger partial charge in [-0.15, -0.1) is 5.10 Å². The van der Waals surface area contributed by atoms with Gasteiger partial charge in [0.15, 0.2) is 5.60 Å². The van der Waals surface area contributed by atoms with E-state index in [4.69, 9.17) is 4.74 Å². The molecule has 14 heteroatoms. The van der Waals surface area contributed by atoms with Gasteiger partial charge in [-0.1, -0.05) is 54.6 Å². The summed E-state index contributed by atoms with van der Waals surface area (Å²) in [5, 5.41) is 30.7. The smallest absolute Gasteiger partial charge is 0.269 e. The van der Waals surface area contributed by atoms with Crippen LogP contribution in [0.15, 0.2) is 79.0 Å². The molecule has 7 rings (SSSR count). The van der Waals surface area contributed by atoms with Crippen LogP contribution < -0.4 is 9.80 Å². The zero-order chi connectivity index (χ0) is 36.1. The maximum Gasteiger partial charge on any atom is 0.269 e. The number of halogens is 1. The van der Waals surface area contributed by atoms with Gasteiger partial charge in [-0.25, -0.2) is 0 Å². The number of anilines is 2. The van der Waals surface area contributed by atoms with Gasteiger partial charge in [-0.2, -0.15) is 0 Å². The summed E-state index contributed by atoms with van der Waals surface area (Å²) < 4.78 is 24.8. The number of nitro groups is 1. The topological polar surface area (TPSA) is 144 Å². The highest BCUT2D eigenvalue weighted by molar-refractivity contribution is 6.72. The van der Waals surface area contributed by atoms with Gasteiger partial charge < -0.3 is 23.8 Å². The molecule has 1 spiro atoms. The third kappa shape index (κ3) is 6.14. The van der Waals surface area contributed by atoms with E-state index in [1.165, 1.54) is 12.1 Å². The van der Waals surface area contributed by atoms with Gasteiger partial charge in [0.2, 0.25) is 14.3 Å². The van der Waals surface area contributed by atoms with Crippen molar-refractivity contribution in [2.45, 2.75) is 75.5 Å². The summed E-state index contributed by atoms with van der Waals surface area (Å²) >= 11 is 0. The SMILES string of the molecule is C[C@H]1[C@H]([Si](C)(C)F)[C@@H](CCn2cc(C(CO)c3ccccc3)nn2)O[C@]12C(=O)N(Cc1ccc(N3CCCC3=O)cc1)c1ccc([N+](=O)[O-])cc12. The minimum absolute atomic E-state index is 0.0801. The quantitative estimate of drug-likeness (QED) is 0.0883. The van der Waals surface area contributed by atoms with Crippen LogP contribution in [0.3, 0.4) is 0 Å². The Labute approximate surface area is 296 Å². The van der Waals surface area contributed by atoms with Gasteiger partial charge in [0, 0.05) is 60.5 Å². The molecule has 3 aromatic carbocycles. The van der Waals surface area contributed by atoms with Crippen molar-refractivity contribution in [3.8, 4) is 0 Å².